The lowest BCUT2D eigenvalue weighted by Crippen LogP contribution is -2.30. The summed E-state index contributed by atoms with van der Waals surface area (Å²) in [6.45, 7) is 5.11. The van der Waals surface area contributed by atoms with Gasteiger partial charge in [-0.25, -0.2) is 0 Å². The Kier molecular flexibility index (Phi) is 5.19. The molecule has 1 heterocycles. The first kappa shape index (κ1) is 19.2. The van der Waals surface area contributed by atoms with E-state index in [0.717, 1.165) is 6.07 Å². The van der Waals surface area contributed by atoms with E-state index in [1.54, 1.807) is 20.8 Å². The van der Waals surface area contributed by atoms with Gasteiger partial charge in [-0.2, -0.15) is 13.2 Å². The fraction of sp³-hybridized carbons (Fsp3) is 0.333. The normalized spacial score (nSPS) is 11.5. The third-order valence-corrected chi connectivity index (χ3v) is 3.47. The Hall–Kier alpha value is -3.11. The van der Waals surface area contributed by atoms with Crippen molar-refractivity contribution in [2.45, 2.75) is 32.9 Å². The van der Waals surface area contributed by atoms with Crippen LogP contribution in [0.1, 0.15) is 47.1 Å². The predicted molar refractivity (Wildman–Crippen MR) is 84.5 cm³/mol. The van der Waals surface area contributed by atoms with Crippen LogP contribution in [0.4, 0.5) is 24.5 Å². The highest BCUT2D eigenvalue weighted by Gasteiger charge is 2.33. The SMILES string of the molecule is Cc1noc(C(C)C)c1C(=O)NNc1ccc(C(F)(F)F)cc1[N+](=O)[O-]. The Balaban J connectivity index is 2.26. The fourth-order valence-electron chi connectivity index (χ4n) is 2.21. The van der Waals surface area contributed by atoms with Crippen LogP contribution in [0.5, 0.6) is 0 Å². The van der Waals surface area contributed by atoms with Gasteiger partial charge in [0.1, 0.15) is 11.3 Å². The van der Waals surface area contributed by atoms with Gasteiger partial charge in [0, 0.05) is 12.0 Å². The maximum atomic E-state index is 12.7. The number of hydrogen-bond donors (Lipinski definition) is 2. The van der Waals surface area contributed by atoms with Gasteiger partial charge in [-0.05, 0) is 19.1 Å². The Bertz CT molecular complexity index is 846. The van der Waals surface area contributed by atoms with E-state index in [4.69, 9.17) is 4.52 Å². The number of halogens is 3. The summed E-state index contributed by atoms with van der Waals surface area (Å²) in [4.78, 5) is 22.4. The zero-order chi connectivity index (χ0) is 19.6. The predicted octanol–water partition coefficient (Wildman–Crippen LogP) is 3.79. The first-order chi connectivity index (χ1) is 12.0. The van der Waals surface area contributed by atoms with Gasteiger partial charge in [-0.1, -0.05) is 19.0 Å². The number of nitrogens with zero attached hydrogens (tertiary/aromatic N) is 2. The fourth-order valence-corrected chi connectivity index (χ4v) is 2.21. The van der Waals surface area contributed by atoms with Crippen LogP contribution in [0.15, 0.2) is 22.7 Å². The van der Waals surface area contributed by atoms with Gasteiger partial charge >= 0.3 is 6.18 Å². The maximum absolute atomic E-state index is 12.7. The molecular formula is C15H15F3N4O4. The van der Waals surface area contributed by atoms with E-state index < -0.39 is 28.3 Å². The molecule has 140 valence electrons. The Morgan fingerprint density at radius 2 is 2.00 bits per heavy atom. The molecule has 0 spiro atoms. The summed E-state index contributed by atoms with van der Waals surface area (Å²) in [7, 11) is 0. The summed E-state index contributed by atoms with van der Waals surface area (Å²) in [5.74, 6) is -0.497. The monoisotopic (exact) mass is 372 g/mol. The number of nitro groups is 1. The number of carbonyl (C=O) groups excluding carboxylic acids is 1. The molecule has 0 bridgehead atoms. The number of anilines is 1. The minimum absolute atomic E-state index is 0.141. The van der Waals surface area contributed by atoms with Crippen LogP contribution in [0.3, 0.4) is 0 Å². The molecule has 0 aliphatic carbocycles. The van der Waals surface area contributed by atoms with Gasteiger partial charge in [0.25, 0.3) is 11.6 Å². The minimum atomic E-state index is -4.72. The number of aromatic nitrogens is 1. The topological polar surface area (TPSA) is 110 Å². The van der Waals surface area contributed by atoms with Crippen molar-refractivity contribution >= 4 is 17.3 Å². The van der Waals surface area contributed by atoms with Crippen molar-refractivity contribution in [2.75, 3.05) is 5.43 Å². The van der Waals surface area contributed by atoms with Crippen molar-refractivity contribution in [2.24, 2.45) is 0 Å². The lowest BCUT2D eigenvalue weighted by atomic mass is 10.0. The number of amides is 1. The largest absolute Gasteiger partial charge is 0.416 e. The van der Waals surface area contributed by atoms with Crippen molar-refractivity contribution in [1.82, 2.24) is 10.6 Å². The molecule has 26 heavy (non-hydrogen) atoms. The Labute approximate surface area is 145 Å². The van der Waals surface area contributed by atoms with Crippen molar-refractivity contribution in [3.63, 3.8) is 0 Å². The third kappa shape index (κ3) is 3.92. The number of nitro benzene ring substituents is 1. The van der Waals surface area contributed by atoms with E-state index in [2.05, 4.69) is 16.0 Å². The molecule has 0 atom stereocenters. The number of carbonyl (C=O) groups is 1. The van der Waals surface area contributed by atoms with Crippen molar-refractivity contribution in [1.29, 1.82) is 0 Å². The smallest absolute Gasteiger partial charge is 0.360 e. The van der Waals surface area contributed by atoms with E-state index >= 15 is 0 Å². The maximum Gasteiger partial charge on any atom is 0.416 e. The lowest BCUT2D eigenvalue weighted by molar-refractivity contribution is -0.384. The van der Waals surface area contributed by atoms with Gasteiger partial charge in [-0.3, -0.25) is 25.8 Å². The molecule has 1 aromatic heterocycles. The van der Waals surface area contributed by atoms with Gasteiger partial charge in [-0.15, -0.1) is 0 Å². The molecule has 0 fully saturated rings. The van der Waals surface area contributed by atoms with Crippen LogP contribution in [0.2, 0.25) is 0 Å². The molecule has 1 amide bonds. The van der Waals surface area contributed by atoms with E-state index in [1.807, 2.05) is 0 Å². The van der Waals surface area contributed by atoms with Gasteiger partial charge in [0.2, 0.25) is 0 Å². The van der Waals surface area contributed by atoms with Gasteiger partial charge < -0.3 is 4.52 Å². The molecule has 0 saturated heterocycles. The van der Waals surface area contributed by atoms with Crippen molar-refractivity contribution in [3.8, 4) is 0 Å². The van der Waals surface area contributed by atoms with E-state index in [1.165, 1.54) is 0 Å². The van der Waals surface area contributed by atoms with Crippen molar-refractivity contribution in [3.05, 3.63) is 50.9 Å². The highest BCUT2D eigenvalue weighted by atomic mass is 19.4. The highest BCUT2D eigenvalue weighted by Crippen LogP contribution is 2.34. The number of rotatable bonds is 5. The Morgan fingerprint density at radius 3 is 2.54 bits per heavy atom. The minimum Gasteiger partial charge on any atom is -0.360 e. The zero-order valence-corrected chi connectivity index (χ0v) is 14.0. The van der Waals surface area contributed by atoms with E-state index in [9.17, 15) is 28.1 Å². The van der Waals surface area contributed by atoms with Crippen LogP contribution >= 0.6 is 0 Å². The summed E-state index contributed by atoms with van der Waals surface area (Å²) in [6, 6.07) is 1.93. The number of nitrogens with one attached hydrogen (secondary N) is 2. The molecule has 1 aromatic carbocycles. The van der Waals surface area contributed by atoms with Crippen LogP contribution in [0, 0.1) is 17.0 Å². The van der Waals surface area contributed by atoms with Gasteiger partial charge in [0.05, 0.1) is 16.2 Å². The summed E-state index contributed by atoms with van der Waals surface area (Å²) >= 11 is 0. The quantitative estimate of drug-likeness (QED) is 0.610. The molecule has 11 heteroatoms. The standard InChI is InChI=1S/C15H15F3N4O4/c1-7(2)13-12(8(3)21-26-13)14(23)20-19-10-5-4-9(15(16,17)18)6-11(10)22(24)25/h4-7,19H,1-3H3,(H,20,23). The molecule has 0 radical (unpaired) electrons. The molecule has 2 aromatic rings. The molecule has 0 aliphatic heterocycles. The number of hydrazine groups is 1. The van der Waals surface area contributed by atoms with Crippen LogP contribution in [-0.2, 0) is 6.18 Å². The number of alkyl halides is 3. The first-order valence-corrected chi connectivity index (χ1v) is 7.40. The number of hydrogen-bond acceptors (Lipinski definition) is 6. The second kappa shape index (κ2) is 7.02. The second-order valence-corrected chi connectivity index (χ2v) is 5.73. The molecule has 2 N–H and O–H groups in total. The third-order valence-electron chi connectivity index (χ3n) is 3.47. The van der Waals surface area contributed by atoms with Crippen molar-refractivity contribution < 1.29 is 27.4 Å². The Morgan fingerprint density at radius 1 is 1.35 bits per heavy atom. The number of benzene rings is 1. The lowest BCUT2D eigenvalue weighted by Gasteiger charge is -2.12. The van der Waals surface area contributed by atoms with Crippen LogP contribution < -0.4 is 10.9 Å². The molecule has 0 saturated carbocycles. The molecule has 2 rings (SSSR count). The van der Waals surface area contributed by atoms with Gasteiger partial charge in [0.15, 0.2) is 5.76 Å². The molecular weight excluding hydrogens is 357 g/mol. The van der Waals surface area contributed by atoms with E-state index in [0.29, 0.717) is 23.6 Å². The average molecular weight is 372 g/mol. The second-order valence-electron chi connectivity index (χ2n) is 5.73. The molecule has 0 unspecified atom stereocenters. The van der Waals surface area contributed by atoms with Crippen LogP contribution in [-0.4, -0.2) is 16.0 Å². The number of aryl methyl sites for hydroxylation is 1. The van der Waals surface area contributed by atoms with E-state index in [-0.39, 0.29) is 17.2 Å². The van der Waals surface area contributed by atoms with Crippen LogP contribution in [0.25, 0.3) is 0 Å². The molecule has 8 nitrogen and oxygen atoms in total. The average Bonchev–Trinajstić information content (AvgIpc) is 2.93. The summed E-state index contributed by atoms with van der Waals surface area (Å²) in [5.41, 5.74) is 2.67. The highest BCUT2D eigenvalue weighted by molar-refractivity contribution is 5.97. The zero-order valence-electron chi connectivity index (χ0n) is 14.0. The molecule has 0 aliphatic rings. The summed E-state index contributed by atoms with van der Waals surface area (Å²) < 4.78 is 43.2. The summed E-state index contributed by atoms with van der Waals surface area (Å²) in [6.07, 6.45) is -4.72. The summed E-state index contributed by atoms with van der Waals surface area (Å²) in [5, 5.41) is 14.7. The first-order valence-electron chi connectivity index (χ1n) is 7.40.